The smallest absolute Gasteiger partial charge is 0.232 e. The molecule has 0 saturated carbocycles. The van der Waals surface area contributed by atoms with Crippen LogP contribution in [0, 0.1) is 0 Å². The number of hydrogen-bond donors (Lipinski definition) is 0. The molecule has 1 fully saturated rings. The molecule has 3 atom stereocenters. The fourth-order valence-electron chi connectivity index (χ4n) is 3.16. The van der Waals surface area contributed by atoms with Gasteiger partial charge < -0.3 is 9.47 Å². The first-order valence-electron chi connectivity index (χ1n) is 6.99. The molecular weight excluding hydrogens is 256 g/mol. The van der Waals surface area contributed by atoms with Gasteiger partial charge in [0, 0.05) is 11.1 Å². The summed E-state index contributed by atoms with van der Waals surface area (Å²) in [5.41, 5.74) is -0.265. The normalized spacial score (nSPS) is 35.9. The molecule has 0 radical (unpaired) electrons. The van der Waals surface area contributed by atoms with Crippen molar-refractivity contribution in [2.45, 2.75) is 51.1 Å². The van der Waals surface area contributed by atoms with Gasteiger partial charge in [-0.25, -0.2) is 0 Å². The molecule has 0 N–H and O–H groups in total. The summed E-state index contributed by atoms with van der Waals surface area (Å²) in [5, 5.41) is 0. The quantitative estimate of drug-likeness (QED) is 0.832. The van der Waals surface area contributed by atoms with Gasteiger partial charge >= 0.3 is 0 Å². The molecule has 2 bridgehead atoms. The third-order valence-electron chi connectivity index (χ3n) is 4.22. The first-order valence-corrected chi connectivity index (χ1v) is 6.99. The second-order valence-corrected chi connectivity index (χ2v) is 5.75. The summed E-state index contributed by atoms with van der Waals surface area (Å²) in [6.07, 6.45) is 1.16. The molecule has 1 saturated heterocycles. The maximum absolute atomic E-state index is 12.8. The van der Waals surface area contributed by atoms with Crippen LogP contribution in [0.15, 0.2) is 24.3 Å². The van der Waals surface area contributed by atoms with Crippen molar-refractivity contribution in [3.8, 4) is 0 Å². The van der Waals surface area contributed by atoms with Crippen LogP contribution in [0.4, 0.5) is 0 Å². The molecule has 0 aliphatic carbocycles. The lowest BCUT2D eigenvalue weighted by molar-refractivity contribution is -0.131. The molecule has 20 heavy (non-hydrogen) atoms. The zero-order valence-electron chi connectivity index (χ0n) is 11.9. The number of benzene rings is 1. The van der Waals surface area contributed by atoms with Crippen LogP contribution in [0.1, 0.15) is 54.3 Å². The number of hydrogen-bond acceptors (Lipinski definition) is 4. The summed E-state index contributed by atoms with van der Waals surface area (Å²) in [5.74, 6) is -1.80. The molecule has 0 amide bonds. The number of fused-ring (bicyclic) bond motifs is 3. The minimum absolute atomic E-state index is 0.166. The average molecular weight is 274 g/mol. The minimum Gasteiger partial charge on any atom is -0.337 e. The van der Waals surface area contributed by atoms with Gasteiger partial charge in [0.2, 0.25) is 11.6 Å². The van der Waals surface area contributed by atoms with Crippen molar-refractivity contribution >= 4 is 11.6 Å². The number of carbonyl (C=O) groups is 2. The van der Waals surface area contributed by atoms with Gasteiger partial charge in [0.1, 0.15) is 0 Å². The van der Waals surface area contributed by atoms with Gasteiger partial charge in [-0.1, -0.05) is 37.6 Å². The Kier molecular flexibility index (Phi) is 2.85. The van der Waals surface area contributed by atoms with Crippen molar-refractivity contribution < 1.29 is 19.1 Å². The van der Waals surface area contributed by atoms with Crippen molar-refractivity contribution in [2.24, 2.45) is 0 Å². The fraction of sp³-hybridized carbons (Fsp3) is 0.500. The van der Waals surface area contributed by atoms with Crippen molar-refractivity contribution in [1.29, 1.82) is 0 Å². The second-order valence-electron chi connectivity index (χ2n) is 5.75. The fourth-order valence-corrected chi connectivity index (χ4v) is 3.16. The Balaban J connectivity index is 2.20. The molecule has 4 heteroatoms. The van der Waals surface area contributed by atoms with Crippen LogP contribution in [0.2, 0.25) is 0 Å². The Bertz CT molecular complexity index is 594. The van der Waals surface area contributed by atoms with Crippen LogP contribution in [-0.4, -0.2) is 29.1 Å². The molecule has 1 aromatic rings. The summed E-state index contributed by atoms with van der Waals surface area (Å²) in [6, 6.07) is 6.87. The van der Waals surface area contributed by atoms with E-state index in [4.69, 9.17) is 9.47 Å². The van der Waals surface area contributed by atoms with Gasteiger partial charge in [0.15, 0.2) is 11.4 Å². The molecule has 2 aliphatic heterocycles. The molecule has 2 heterocycles. The number of rotatable bonds is 2. The number of carbonyl (C=O) groups excluding carboxylic acids is 2. The van der Waals surface area contributed by atoms with E-state index >= 15 is 0 Å². The van der Waals surface area contributed by atoms with Gasteiger partial charge in [0.25, 0.3) is 0 Å². The second kappa shape index (κ2) is 4.24. The van der Waals surface area contributed by atoms with E-state index in [1.54, 1.807) is 38.1 Å². The monoisotopic (exact) mass is 274 g/mol. The van der Waals surface area contributed by atoms with E-state index in [9.17, 15) is 9.59 Å². The molecule has 4 nitrogen and oxygen atoms in total. The van der Waals surface area contributed by atoms with Crippen LogP contribution in [0.5, 0.6) is 0 Å². The zero-order valence-corrected chi connectivity index (χ0v) is 11.9. The molecule has 0 aromatic heterocycles. The Morgan fingerprint density at radius 3 is 2.30 bits per heavy atom. The van der Waals surface area contributed by atoms with E-state index in [0.29, 0.717) is 17.5 Å². The topological polar surface area (TPSA) is 52.6 Å². The van der Waals surface area contributed by atoms with Crippen molar-refractivity contribution in [3.05, 3.63) is 35.4 Å². The van der Waals surface area contributed by atoms with Crippen molar-refractivity contribution in [3.63, 3.8) is 0 Å². The maximum atomic E-state index is 12.8. The third-order valence-corrected chi connectivity index (χ3v) is 4.22. The zero-order chi connectivity index (χ0) is 14.5. The van der Waals surface area contributed by atoms with Crippen LogP contribution in [0.25, 0.3) is 0 Å². The summed E-state index contributed by atoms with van der Waals surface area (Å²) in [6.45, 7) is 5.36. The summed E-state index contributed by atoms with van der Waals surface area (Å²) in [4.78, 5) is 25.5. The lowest BCUT2D eigenvalue weighted by Crippen LogP contribution is -2.44. The number of Topliss-reactive ketones (excluding diaryl/α,β-unsaturated/α-hetero) is 2. The Labute approximate surface area is 118 Å². The molecule has 2 aliphatic rings. The molecule has 106 valence electrons. The third kappa shape index (κ3) is 1.61. The van der Waals surface area contributed by atoms with Crippen LogP contribution in [0.3, 0.4) is 0 Å². The Morgan fingerprint density at radius 2 is 1.70 bits per heavy atom. The largest absolute Gasteiger partial charge is 0.337 e. The molecule has 0 spiro atoms. The highest BCUT2D eigenvalue weighted by molar-refractivity contribution is 6.16. The molecule has 0 unspecified atom stereocenters. The van der Waals surface area contributed by atoms with Crippen LogP contribution >= 0.6 is 0 Å². The van der Waals surface area contributed by atoms with Crippen molar-refractivity contribution in [2.75, 3.05) is 0 Å². The predicted molar refractivity (Wildman–Crippen MR) is 72.8 cm³/mol. The summed E-state index contributed by atoms with van der Waals surface area (Å²) in [7, 11) is 0. The SMILES string of the molecule is CCC[C@@H]1O[C@]2(C)O[C@@]1(C)C(=O)c1ccccc1C2=O. The number of ether oxygens (including phenoxy) is 2. The van der Waals surface area contributed by atoms with Gasteiger partial charge in [-0.2, -0.15) is 0 Å². The maximum Gasteiger partial charge on any atom is 0.232 e. The number of ketones is 2. The van der Waals surface area contributed by atoms with Gasteiger partial charge in [-0.05, 0) is 20.3 Å². The molecule has 3 rings (SSSR count). The standard InChI is InChI=1S/C16H18O4/c1-4-7-12-15(2)13(17)10-8-5-6-9-11(10)14(18)16(3,19-12)20-15/h5-6,8-9,12H,4,7H2,1-3H3/t12-,15+,16+/m0/s1. The first-order chi connectivity index (χ1) is 9.42. The van der Waals surface area contributed by atoms with Crippen LogP contribution in [-0.2, 0) is 9.47 Å². The van der Waals surface area contributed by atoms with E-state index < -0.39 is 11.4 Å². The molecule has 1 aromatic carbocycles. The van der Waals surface area contributed by atoms with Gasteiger partial charge in [-0.3, -0.25) is 9.59 Å². The first kappa shape index (κ1) is 13.5. The van der Waals surface area contributed by atoms with Gasteiger partial charge in [0.05, 0.1) is 6.10 Å². The summed E-state index contributed by atoms with van der Waals surface area (Å²) < 4.78 is 11.7. The van der Waals surface area contributed by atoms with Crippen molar-refractivity contribution in [1.82, 2.24) is 0 Å². The van der Waals surface area contributed by atoms with E-state index in [1.807, 2.05) is 6.92 Å². The molecular formula is C16H18O4. The lowest BCUT2D eigenvalue weighted by Gasteiger charge is -2.26. The minimum atomic E-state index is -1.36. The van der Waals surface area contributed by atoms with E-state index in [0.717, 1.165) is 6.42 Å². The Hall–Kier alpha value is -1.52. The highest BCUT2D eigenvalue weighted by Crippen LogP contribution is 2.45. The Morgan fingerprint density at radius 1 is 1.10 bits per heavy atom. The van der Waals surface area contributed by atoms with E-state index in [2.05, 4.69) is 0 Å². The average Bonchev–Trinajstić information content (AvgIpc) is 2.68. The van der Waals surface area contributed by atoms with Crippen LogP contribution < -0.4 is 0 Å². The highest BCUT2D eigenvalue weighted by atomic mass is 16.8. The van der Waals surface area contributed by atoms with E-state index in [-0.39, 0.29) is 17.7 Å². The predicted octanol–water partition coefficient (Wildman–Crippen LogP) is 2.76. The lowest BCUT2D eigenvalue weighted by atomic mass is 9.85. The highest BCUT2D eigenvalue weighted by Gasteiger charge is 2.61. The summed E-state index contributed by atoms with van der Waals surface area (Å²) >= 11 is 0. The van der Waals surface area contributed by atoms with Gasteiger partial charge in [-0.15, -0.1) is 0 Å². The van der Waals surface area contributed by atoms with E-state index in [1.165, 1.54) is 0 Å².